The van der Waals surface area contributed by atoms with Gasteiger partial charge in [0.15, 0.2) is 0 Å². The van der Waals surface area contributed by atoms with Gasteiger partial charge in [0.1, 0.15) is 0 Å². The Labute approximate surface area is 117 Å². The van der Waals surface area contributed by atoms with Crippen molar-refractivity contribution < 1.29 is 0 Å². The van der Waals surface area contributed by atoms with E-state index in [0.29, 0.717) is 0 Å². The highest BCUT2D eigenvalue weighted by Crippen LogP contribution is 2.28. The highest BCUT2D eigenvalue weighted by molar-refractivity contribution is 5.71. The molecule has 2 rings (SSSR count). The second kappa shape index (κ2) is 6.29. The van der Waals surface area contributed by atoms with Gasteiger partial charge in [-0.15, -0.1) is 0 Å². The SMILES string of the molecule is Cc1cccc(N)c1N1CCN(CCC(C)C)CC1. The molecule has 19 heavy (non-hydrogen) atoms. The summed E-state index contributed by atoms with van der Waals surface area (Å²) in [6.07, 6.45) is 1.30. The van der Waals surface area contributed by atoms with Gasteiger partial charge in [-0.05, 0) is 37.4 Å². The molecule has 0 spiro atoms. The molecule has 106 valence electrons. The van der Waals surface area contributed by atoms with E-state index in [1.165, 1.54) is 24.2 Å². The molecule has 1 aliphatic heterocycles. The van der Waals surface area contributed by atoms with Crippen LogP contribution in [0.2, 0.25) is 0 Å². The maximum Gasteiger partial charge on any atom is 0.0630 e. The van der Waals surface area contributed by atoms with Gasteiger partial charge in [0.2, 0.25) is 0 Å². The largest absolute Gasteiger partial charge is 0.397 e. The first-order valence-electron chi connectivity index (χ1n) is 7.40. The van der Waals surface area contributed by atoms with E-state index in [0.717, 1.165) is 37.8 Å². The van der Waals surface area contributed by atoms with Crippen molar-refractivity contribution in [3.05, 3.63) is 23.8 Å². The number of anilines is 2. The first-order chi connectivity index (χ1) is 9.08. The Bertz CT molecular complexity index is 386. The minimum atomic E-state index is 0.796. The zero-order valence-corrected chi connectivity index (χ0v) is 12.5. The van der Waals surface area contributed by atoms with Crippen molar-refractivity contribution in [1.82, 2.24) is 4.90 Å². The molecule has 1 saturated heterocycles. The molecule has 0 amide bonds. The number of piperazine rings is 1. The standard InChI is InChI=1S/C16H27N3/c1-13(2)7-8-18-9-11-19(12-10-18)16-14(3)5-4-6-15(16)17/h4-6,13H,7-12,17H2,1-3H3. The predicted molar refractivity (Wildman–Crippen MR) is 83.7 cm³/mol. The zero-order valence-electron chi connectivity index (χ0n) is 12.5. The third kappa shape index (κ3) is 3.63. The molecule has 1 aliphatic rings. The van der Waals surface area contributed by atoms with Crippen molar-refractivity contribution in [2.24, 2.45) is 5.92 Å². The molecular weight excluding hydrogens is 234 g/mol. The third-order valence-electron chi connectivity index (χ3n) is 3.98. The van der Waals surface area contributed by atoms with Crippen molar-refractivity contribution in [2.75, 3.05) is 43.4 Å². The van der Waals surface area contributed by atoms with Gasteiger partial charge in [-0.25, -0.2) is 0 Å². The van der Waals surface area contributed by atoms with Gasteiger partial charge in [-0.3, -0.25) is 4.90 Å². The van der Waals surface area contributed by atoms with E-state index in [4.69, 9.17) is 5.73 Å². The maximum absolute atomic E-state index is 6.13. The van der Waals surface area contributed by atoms with E-state index in [1.54, 1.807) is 0 Å². The molecule has 1 heterocycles. The fourth-order valence-electron chi connectivity index (χ4n) is 2.75. The van der Waals surface area contributed by atoms with Gasteiger partial charge in [-0.1, -0.05) is 26.0 Å². The number of hydrogen-bond donors (Lipinski definition) is 1. The lowest BCUT2D eigenvalue weighted by molar-refractivity contribution is 0.244. The number of nitrogens with two attached hydrogens (primary N) is 1. The van der Waals surface area contributed by atoms with Crippen LogP contribution in [0.4, 0.5) is 11.4 Å². The maximum atomic E-state index is 6.13. The average Bonchev–Trinajstić information content (AvgIpc) is 2.37. The Balaban J connectivity index is 1.93. The molecule has 3 nitrogen and oxygen atoms in total. The van der Waals surface area contributed by atoms with Crippen LogP contribution in [0, 0.1) is 12.8 Å². The Morgan fingerprint density at radius 1 is 1.16 bits per heavy atom. The van der Waals surface area contributed by atoms with Gasteiger partial charge in [-0.2, -0.15) is 0 Å². The molecule has 0 radical (unpaired) electrons. The summed E-state index contributed by atoms with van der Waals surface area (Å²) in [5.41, 5.74) is 9.57. The van der Waals surface area contributed by atoms with Gasteiger partial charge in [0.05, 0.1) is 11.4 Å². The first-order valence-corrected chi connectivity index (χ1v) is 7.40. The molecule has 0 bridgehead atoms. The lowest BCUT2D eigenvalue weighted by Crippen LogP contribution is -2.47. The van der Waals surface area contributed by atoms with Crippen molar-refractivity contribution in [3.8, 4) is 0 Å². The molecular formula is C16H27N3. The van der Waals surface area contributed by atoms with Crippen LogP contribution in [-0.4, -0.2) is 37.6 Å². The van der Waals surface area contributed by atoms with Crippen molar-refractivity contribution in [3.63, 3.8) is 0 Å². The average molecular weight is 261 g/mol. The Morgan fingerprint density at radius 2 is 1.84 bits per heavy atom. The van der Waals surface area contributed by atoms with Crippen LogP contribution >= 0.6 is 0 Å². The molecule has 0 saturated carbocycles. The number of benzene rings is 1. The topological polar surface area (TPSA) is 32.5 Å². The monoisotopic (exact) mass is 261 g/mol. The van der Waals surface area contributed by atoms with Gasteiger partial charge in [0, 0.05) is 26.2 Å². The number of nitrogen functional groups attached to an aromatic ring is 1. The van der Waals surface area contributed by atoms with Crippen LogP contribution in [0.15, 0.2) is 18.2 Å². The Kier molecular flexibility index (Phi) is 4.70. The second-order valence-electron chi connectivity index (χ2n) is 6.02. The van der Waals surface area contributed by atoms with Crippen LogP contribution in [0.3, 0.4) is 0 Å². The van der Waals surface area contributed by atoms with E-state index >= 15 is 0 Å². The van der Waals surface area contributed by atoms with E-state index in [2.05, 4.69) is 36.6 Å². The lowest BCUT2D eigenvalue weighted by atomic mass is 10.1. The van der Waals surface area contributed by atoms with Crippen LogP contribution in [-0.2, 0) is 0 Å². The van der Waals surface area contributed by atoms with E-state index in [1.807, 2.05) is 12.1 Å². The smallest absolute Gasteiger partial charge is 0.0630 e. The highest BCUT2D eigenvalue weighted by Gasteiger charge is 2.19. The van der Waals surface area contributed by atoms with Crippen molar-refractivity contribution in [2.45, 2.75) is 27.2 Å². The Hall–Kier alpha value is -1.22. The molecule has 0 aromatic heterocycles. The fraction of sp³-hybridized carbons (Fsp3) is 0.625. The minimum Gasteiger partial charge on any atom is -0.397 e. The number of para-hydroxylation sites is 1. The molecule has 0 atom stereocenters. The quantitative estimate of drug-likeness (QED) is 0.846. The minimum absolute atomic E-state index is 0.796. The van der Waals surface area contributed by atoms with E-state index in [-0.39, 0.29) is 0 Å². The van der Waals surface area contributed by atoms with E-state index in [9.17, 15) is 0 Å². The summed E-state index contributed by atoms with van der Waals surface area (Å²) in [5.74, 6) is 0.796. The summed E-state index contributed by atoms with van der Waals surface area (Å²) in [6, 6.07) is 6.19. The lowest BCUT2D eigenvalue weighted by Gasteiger charge is -2.37. The predicted octanol–water partition coefficient (Wildman–Crippen LogP) is 2.75. The summed E-state index contributed by atoms with van der Waals surface area (Å²) >= 11 is 0. The van der Waals surface area contributed by atoms with Crippen LogP contribution in [0.25, 0.3) is 0 Å². The summed E-state index contributed by atoms with van der Waals surface area (Å²) in [7, 11) is 0. The summed E-state index contributed by atoms with van der Waals surface area (Å²) in [4.78, 5) is 5.02. The molecule has 1 aromatic rings. The second-order valence-corrected chi connectivity index (χ2v) is 6.02. The summed E-state index contributed by atoms with van der Waals surface area (Å²) in [6.45, 7) is 12.5. The summed E-state index contributed by atoms with van der Waals surface area (Å²) < 4.78 is 0. The number of hydrogen-bond acceptors (Lipinski definition) is 3. The van der Waals surface area contributed by atoms with Gasteiger partial charge in [0.25, 0.3) is 0 Å². The molecule has 0 aliphatic carbocycles. The molecule has 3 heteroatoms. The fourth-order valence-corrected chi connectivity index (χ4v) is 2.75. The summed E-state index contributed by atoms with van der Waals surface area (Å²) in [5, 5.41) is 0. The molecule has 1 aromatic carbocycles. The molecule has 1 fully saturated rings. The number of rotatable bonds is 4. The zero-order chi connectivity index (χ0) is 13.8. The van der Waals surface area contributed by atoms with Crippen molar-refractivity contribution >= 4 is 11.4 Å². The van der Waals surface area contributed by atoms with Gasteiger partial charge >= 0.3 is 0 Å². The number of aryl methyl sites for hydroxylation is 1. The highest BCUT2D eigenvalue weighted by atomic mass is 15.3. The first kappa shape index (κ1) is 14.2. The number of nitrogens with zero attached hydrogens (tertiary/aromatic N) is 2. The van der Waals surface area contributed by atoms with Crippen LogP contribution in [0.5, 0.6) is 0 Å². The molecule has 0 unspecified atom stereocenters. The van der Waals surface area contributed by atoms with E-state index < -0.39 is 0 Å². The van der Waals surface area contributed by atoms with Crippen LogP contribution < -0.4 is 10.6 Å². The normalized spacial score (nSPS) is 17.2. The van der Waals surface area contributed by atoms with Gasteiger partial charge < -0.3 is 10.6 Å². The Morgan fingerprint density at radius 3 is 2.42 bits per heavy atom. The molecule has 2 N–H and O–H groups in total. The third-order valence-corrected chi connectivity index (χ3v) is 3.98. The van der Waals surface area contributed by atoms with Crippen molar-refractivity contribution in [1.29, 1.82) is 0 Å². The van der Waals surface area contributed by atoms with Crippen LogP contribution in [0.1, 0.15) is 25.8 Å².